The number of aliphatic imine (C=N–C) groups is 1. The summed E-state index contributed by atoms with van der Waals surface area (Å²) in [7, 11) is 3.16. The van der Waals surface area contributed by atoms with Gasteiger partial charge in [-0.15, -0.1) is 0 Å². The number of benzene rings is 1. The molecule has 0 bridgehead atoms. The molecule has 2 aliphatic heterocycles. The Balaban J connectivity index is 1.95. The number of carbonyl (C=O) groups excluding carboxylic acids is 3. The fourth-order valence-electron chi connectivity index (χ4n) is 2.47. The number of thioether (sulfide) groups is 1. The number of likely N-dealkylation sites (N-methyl/N-ethyl adjacent to an activating group) is 1. The smallest absolute Gasteiger partial charge is 0.266 e. The Labute approximate surface area is 153 Å². The second-order valence-electron chi connectivity index (χ2n) is 5.28. The predicted molar refractivity (Wildman–Crippen MR) is 100.0 cm³/mol. The summed E-state index contributed by atoms with van der Waals surface area (Å²) in [4.78, 5) is 44.3. The lowest BCUT2D eigenvalue weighted by molar-refractivity contribution is -0.131. The zero-order valence-corrected chi connectivity index (χ0v) is 15.1. The molecule has 0 spiro atoms. The minimum Gasteiger partial charge on any atom is -0.301 e. The number of thiocarbonyl (C=S) groups is 1. The number of anilines is 1. The summed E-state index contributed by atoms with van der Waals surface area (Å²) < 4.78 is 0. The van der Waals surface area contributed by atoms with Crippen LogP contribution in [0.1, 0.15) is 0 Å². The second kappa shape index (κ2) is 6.77. The van der Waals surface area contributed by atoms with E-state index in [1.807, 2.05) is 6.07 Å². The van der Waals surface area contributed by atoms with E-state index < -0.39 is 17.7 Å². The lowest BCUT2D eigenvalue weighted by Gasteiger charge is -2.31. The third-order valence-corrected chi connectivity index (χ3v) is 5.18. The first-order valence-corrected chi connectivity index (χ1v) is 8.55. The van der Waals surface area contributed by atoms with Gasteiger partial charge < -0.3 is 5.32 Å². The van der Waals surface area contributed by atoms with Crippen molar-refractivity contribution in [2.45, 2.75) is 0 Å². The van der Waals surface area contributed by atoms with E-state index >= 15 is 0 Å². The van der Waals surface area contributed by atoms with Crippen molar-refractivity contribution >= 4 is 57.7 Å². The first kappa shape index (κ1) is 17.3. The Bertz CT molecular complexity index is 835. The van der Waals surface area contributed by atoms with Gasteiger partial charge in [-0.05, 0) is 42.2 Å². The van der Waals surface area contributed by atoms with Gasteiger partial charge in [0.1, 0.15) is 5.92 Å². The van der Waals surface area contributed by atoms with Crippen molar-refractivity contribution in [3.05, 3.63) is 41.3 Å². The van der Waals surface area contributed by atoms with Gasteiger partial charge in [0.25, 0.3) is 5.91 Å². The van der Waals surface area contributed by atoms with Gasteiger partial charge in [-0.1, -0.05) is 18.2 Å². The average molecular weight is 374 g/mol. The summed E-state index contributed by atoms with van der Waals surface area (Å²) in [6.45, 7) is 0. The van der Waals surface area contributed by atoms with E-state index in [1.54, 1.807) is 38.4 Å². The van der Waals surface area contributed by atoms with E-state index in [-0.39, 0.29) is 15.9 Å². The molecule has 2 saturated heterocycles. The molecular weight excluding hydrogens is 360 g/mol. The molecule has 7 nitrogen and oxygen atoms in total. The lowest BCUT2D eigenvalue weighted by Crippen LogP contribution is -2.57. The molecule has 1 aromatic rings. The number of amidine groups is 1. The molecule has 3 amide bonds. The van der Waals surface area contributed by atoms with Crippen molar-refractivity contribution in [2.75, 3.05) is 19.0 Å². The quantitative estimate of drug-likeness (QED) is 0.477. The van der Waals surface area contributed by atoms with Gasteiger partial charge in [0.15, 0.2) is 10.3 Å². The number of carbonyl (C=O) groups is 3. The van der Waals surface area contributed by atoms with Crippen LogP contribution in [0.25, 0.3) is 0 Å². The molecule has 0 radical (unpaired) electrons. The zero-order valence-electron chi connectivity index (χ0n) is 13.4. The summed E-state index contributed by atoms with van der Waals surface area (Å²) in [6, 6.07) is 8.79. The zero-order chi connectivity index (χ0) is 18.1. The number of hydrogen-bond acceptors (Lipinski definition) is 6. The van der Waals surface area contributed by atoms with Gasteiger partial charge in [0.05, 0.1) is 10.6 Å². The van der Waals surface area contributed by atoms with Crippen LogP contribution in [0.15, 0.2) is 46.3 Å². The summed E-state index contributed by atoms with van der Waals surface area (Å²) in [5.74, 6) is -2.48. The third-order valence-electron chi connectivity index (χ3n) is 3.73. The van der Waals surface area contributed by atoms with Crippen molar-refractivity contribution < 1.29 is 14.4 Å². The van der Waals surface area contributed by atoms with Crippen molar-refractivity contribution in [1.29, 1.82) is 0 Å². The fraction of sp³-hybridized carbons (Fsp3) is 0.188. The molecule has 128 valence electrons. The van der Waals surface area contributed by atoms with Crippen LogP contribution in [0.4, 0.5) is 5.69 Å². The van der Waals surface area contributed by atoms with Gasteiger partial charge in [-0.25, -0.2) is 0 Å². The summed E-state index contributed by atoms with van der Waals surface area (Å²) >= 11 is 6.26. The number of amides is 3. The number of hydrogen-bond donors (Lipinski definition) is 1. The molecule has 1 atom stereocenters. The molecule has 0 unspecified atom stereocenters. The number of nitrogens with zero attached hydrogens (tertiary/aromatic N) is 3. The Morgan fingerprint density at radius 3 is 2.52 bits per heavy atom. The molecular formula is C16H14N4O3S2. The summed E-state index contributed by atoms with van der Waals surface area (Å²) in [5.41, 5.74) is 0.555. The maximum atomic E-state index is 12.8. The van der Waals surface area contributed by atoms with E-state index in [4.69, 9.17) is 12.2 Å². The molecule has 9 heteroatoms. The lowest BCUT2D eigenvalue weighted by atomic mass is 10.0. The Morgan fingerprint density at radius 2 is 1.92 bits per heavy atom. The number of para-hydroxylation sites is 1. The van der Waals surface area contributed by atoms with E-state index in [0.29, 0.717) is 10.9 Å². The normalized spacial score (nSPS) is 24.5. The molecule has 0 aromatic heterocycles. The highest BCUT2D eigenvalue weighted by Crippen LogP contribution is 2.32. The monoisotopic (exact) mass is 374 g/mol. The Hall–Kier alpha value is -2.52. The maximum Gasteiger partial charge on any atom is 0.266 e. The van der Waals surface area contributed by atoms with Crippen LogP contribution >= 0.6 is 24.0 Å². The van der Waals surface area contributed by atoms with Gasteiger partial charge in [-0.2, -0.15) is 0 Å². The fourth-order valence-corrected chi connectivity index (χ4v) is 3.71. The molecule has 0 aliphatic carbocycles. The first-order valence-electron chi connectivity index (χ1n) is 7.32. The minimum atomic E-state index is -1.14. The average Bonchev–Trinajstić information content (AvgIpc) is 2.87. The van der Waals surface area contributed by atoms with Crippen LogP contribution in [0.5, 0.6) is 0 Å². The SMILES string of the molecule is CN=C1S/C(=C\[C@H]2C(=O)NC(=S)N(c3ccccc3)C2=O)C(=O)N1C. The van der Waals surface area contributed by atoms with Crippen molar-refractivity contribution in [2.24, 2.45) is 10.9 Å². The molecule has 1 aromatic carbocycles. The highest BCUT2D eigenvalue weighted by molar-refractivity contribution is 8.18. The van der Waals surface area contributed by atoms with E-state index in [0.717, 1.165) is 11.8 Å². The van der Waals surface area contributed by atoms with Gasteiger partial charge >= 0.3 is 0 Å². The van der Waals surface area contributed by atoms with Crippen LogP contribution in [0.3, 0.4) is 0 Å². The number of rotatable bonds is 2. The predicted octanol–water partition coefficient (Wildman–Crippen LogP) is 1.13. The maximum absolute atomic E-state index is 12.8. The largest absolute Gasteiger partial charge is 0.301 e. The van der Waals surface area contributed by atoms with Crippen molar-refractivity contribution in [3.8, 4) is 0 Å². The molecule has 3 rings (SSSR count). The minimum absolute atomic E-state index is 0.0224. The highest BCUT2D eigenvalue weighted by Gasteiger charge is 2.40. The highest BCUT2D eigenvalue weighted by atomic mass is 32.2. The van der Waals surface area contributed by atoms with Crippen molar-refractivity contribution in [3.63, 3.8) is 0 Å². The van der Waals surface area contributed by atoms with E-state index in [9.17, 15) is 14.4 Å². The van der Waals surface area contributed by atoms with E-state index in [1.165, 1.54) is 15.9 Å². The third kappa shape index (κ3) is 3.08. The standard InChI is InChI=1S/C16H14N4O3S2/c1-17-16-19(2)14(23)11(25-16)8-10-12(21)18-15(24)20(13(10)22)9-6-4-3-5-7-9/h3-8,10H,1-2H3,(H,18,21,24)/b11-8-,17-16?/t10-/m0/s1. The topological polar surface area (TPSA) is 82.1 Å². The summed E-state index contributed by atoms with van der Waals surface area (Å²) in [6.07, 6.45) is 1.37. The Kier molecular flexibility index (Phi) is 4.69. The molecule has 2 fully saturated rings. The molecule has 2 heterocycles. The van der Waals surface area contributed by atoms with Crippen LogP contribution in [0, 0.1) is 5.92 Å². The van der Waals surface area contributed by atoms with Crippen LogP contribution in [-0.2, 0) is 14.4 Å². The van der Waals surface area contributed by atoms with Crippen LogP contribution < -0.4 is 10.2 Å². The van der Waals surface area contributed by atoms with Gasteiger partial charge in [-0.3, -0.25) is 29.2 Å². The van der Waals surface area contributed by atoms with Crippen molar-refractivity contribution in [1.82, 2.24) is 10.2 Å². The van der Waals surface area contributed by atoms with Gasteiger partial charge in [0, 0.05) is 14.1 Å². The Morgan fingerprint density at radius 1 is 1.24 bits per heavy atom. The van der Waals surface area contributed by atoms with Crippen LogP contribution in [0.2, 0.25) is 0 Å². The molecule has 2 aliphatic rings. The molecule has 1 N–H and O–H groups in total. The van der Waals surface area contributed by atoms with Crippen LogP contribution in [-0.4, -0.2) is 47.0 Å². The number of nitrogens with one attached hydrogen (secondary N) is 1. The van der Waals surface area contributed by atoms with E-state index in [2.05, 4.69) is 10.3 Å². The molecule has 0 saturated carbocycles. The van der Waals surface area contributed by atoms with Gasteiger partial charge in [0.2, 0.25) is 11.8 Å². The second-order valence-corrected chi connectivity index (χ2v) is 6.68. The first-order chi connectivity index (χ1) is 11.9. The summed E-state index contributed by atoms with van der Waals surface area (Å²) in [5, 5.41) is 3.05. The molecule has 25 heavy (non-hydrogen) atoms.